The number of esters is 1. The number of anilines is 2. The number of likely N-dealkylation sites (tertiary alicyclic amines) is 1. The first-order chi connectivity index (χ1) is 16.4. The van der Waals surface area contributed by atoms with Crippen molar-refractivity contribution < 1.29 is 35.9 Å². The van der Waals surface area contributed by atoms with Gasteiger partial charge in [0.1, 0.15) is 10.6 Å². The van der Waals surface area contributed by atoms with Crippen LogP contribution in [-0.2, 0) is 20.9 Å². The number of nitrogens with zero attached hydrogens (tertiary/aromatic N) is 2. The average Bonchev–Trinajstić information content (AvgIpc) is 3.34. The molecule has 2 saturated heterocycles. The smallest absolute Gasteiger partial charge is 0.416 e. The van der Waals surface area contributed by atoms with E-state index in [1.807, 2.05) is 11.9 Å². The van der Waals surface area contributed by atoms with Crippen LogP contribution in [0, 0.1) is 11.8 Å². The monoisotopic (exact) mass is 513 g/mol. The van der Waals surface area contributed by atoms with Crippen LogP contribution >= 0.6 is 0 Å². The van der Waals surface area contributed by atoms with E-state index < -0.39 is 32.6 Å². The van der Waals surface area contributed by atoms with Crippen LogP contribution in [-0.4, -0.2) is 66.7 Å². The van der Waals surface area contributed by atoms with E-state index in [0.29, 0.717) is 30.6 Å². The number of halogens is 3. The molecule has 2 aromatic carbocycles. The highest BCUT2D eigenvalue weighted by molar-refractivity contribution is 7.92. The van der Waals surface area contributed by atoms with Crippen LogP contribution in [0.15, 0.2) is 41.3 Å². The number of alkyl halides is 3. The van der Waals surface area contributed by atoms with Gasteiger partial charge in [-0.05, 0) is 55.3 Å². The first-order valence-electron chi connectivity index (χ1n) is 10.9. The molecule has 0 aliphatic carbocycles. The summed E-state index contributed by atoms with van der Waals surface area (Å²) in [6.07, 6.45) is -4.66. The number of methoxy groups -OCH3 is 2. The van der Waals surface area contributed by atoms with Crippen molar-refractivity contribution in [3.63, 3.8) is 0 Å². The van der Waals surface area contributed by atoms with Crippen molar-refractivity contribution in [3.05, 3.63) is 47.5 Å². The van der Waals surface area contributed by atoms with Gasteiger partial charge in [-0.2, -0.15) is 13.2 Å². The summed E-state index contributed by atoms with van der Waals surface area (Å²) in [4.78, 5) is 15.7. The fourth-order valence-electron chi connectivity index (χ4n) is 4.83. The molecule has 2 fully saturated rings. The van der Waals surface area contributed by atoms with Gasteiger partial charge in [-0.25, -0.2) is 13.2 Å². The highest BCUT2D eigenvalue weighted by atomic mass is 32.2. The van der Waals surface area contributed by atoms with Gasteiger partial charge in [0.15, 0.2) is 0 Å². The van der Waals surface area contributed by atoms with E-state index in [1.54, 1.807) is 0 Å². The molecule has 0 radical (unpaired) electrons. The number of nitrogens with one attached hydrogen (secondary N) is 1. The molecule has 0 saturated carbocycles. The average molecular weight is 514 g/mol. The van der Waals surface area contributed by atoms with Crippen LogP contribution in [0.2, 0.25) is 0 Å². The van der Waals surface area contributed by atoms with Crippen LogP contribution in [0.1, 0.15) is 15.9 Å². The van der Waals surface area contributed by atoms with Gasteiger partial charge in [0.2, 0.25) is 0 Å². The first kappa shape index (κ1) is 25.1. The Morgan fingerprint density at radius 1 is 1.03 bits per heavy atom. The van der Waals surface area contributed by atoms with Gasteiger partial charge in [-0.3, -0.25) is 4.72 Å². The Morgan fingerprint density at radius 2 is 1.69 bits per heavy atom. The minimum Gasteiger partial charge on any atom is -0.495 e. The van der Waals surface area contributed by atoms with Gasteiger partial charge in [0.25, 0.3) is 10.0 Å². The third-order valence-electron chi connectivity index (χ3n) is 6.45. The van der Waals surface area contributed by atoms with Crippen molar-refractivity contribution in [2.45, 2.75) is 11.1 Å². The second kappa shape index (κ2) is 9.23. The number of ether oxygens (including phenoxy) is 2. The van der Waals surface area contributed by atoms with Crippen molar-refractivity contribution >= 4 is 27.4 Å². The molecule has 4 rings (SSSR count). The zero-order chi connectivity index (χ0) is 25.5. The Kier molecular flexibility index (Phi) is 6.62. The highest BCUT2D eigenvalue weighted by Crippen LogP contribution is 2.41. The number of benzene rings is 2. The lowest BCUT2D eigenvalue weighted by Gasteiger charge is -2.25. The molecule has 0 aromatic heterocycles. The third-order valence-corrected chi connectivity index (χ3v) is 7.84. The molecule has 12 heteroatoms. The van der Waals surface area contributed by atoms with Crippen LogP contribution in [0.4, 0.5) is 24.5 Å². The summed E-state index contributed by atoms with van der Waals surface area (Å²) in [5.41, 5.74) is -0.858. The molecule has 35 heavy (non-hydrogen) atoms. The minimum atomic E-state index is -4.66. The van der Waals surface area contributed by atoms with E-state index in [0.717, 1.165) is 38.4 Å². The molecule has 0 bridgehead atoms. The first-order valence-corrected chi connectivity index (χ1v) is 12.3. The maximum atomic E-state index is 13.5. The fraction of sp³-hybridized carbons (Fsp3) is 0.435. The quantitative estimate of drug-likeness (QED) is 0.593. The summed E-state index contributed by atoms with van der Waals surface area (Å²) >= 11 is 0. The Bertz CT molecular complexity index is 1220. The summed E-state index contributed by atoms with van der Waals surface area (Å²) in [7, 11) is -0.0213. The Balaban J connectivity index is 1.74. The van der Waals surface area contributed by atoms with Crippen LogP contribution in [0.5, 0.6) is 5.75 Å². The Morgan fingerprint density at radius 3 is 2.26 bits per heavy atom. The van der Waals surface area contributed by atoms with Crippen molar-refractivity contribution in [2.75, 3.05) is 57.1 Å². The summed E-state index contributed by atoms with van der Waals surface area (Å²) in [6.45, 7) is 2.97. The number of hydrogen-bond donors (Lipinski definition) is 1. The fourth-order valence-corrected chi connectivity index (χ4v) is 6.09. The SMILES string of the molecule is COC(=O)c1ccc(OC)c(S(=O)(=O)Nc2cc(C(F)(F)F)ccc2N2C[C@H]3CN(C)C[C@H]3C2)c1. The summed E-state index contributed by atoms with van der Waals surface area (Å²) in [6, 6.07) is 6.73. The Labute approximate surface area is 201 Å². The highest BCUT2D eigenvalue weighted by Gasteiger charge is 2.40. The standard InChI is InChI=1S/C23H26F3N3O5S/c1-28-10-15-12-29(13-16(15)11-28)19-6-5-17(23(24,25)26)9-18(19)27-35(31,32)21-8-14(22(30)34-3)4-7-20(21)33-2/h4-9,15-16,27H,10-13H2,1-3H3/t15-,16+. The largest absolute Gasteiger partial charge is 0.495 e. The lowest BCUT2D eigenvalue weighted by atomic mass is 10.0. The molecule has 2 aromatic rings. The molecule has 2 aliphatic rings. The van der Waals surface area contributed by atoms with Crippen molar-refractivity contribution in [2.24, 2.45) is 11.8 Å². The normalized spacial score (nSPS) is 20.6. The molecule has 8 nitrogen and oxygen atoms in total. The molecule has 0 amide bonds. The van der Waals surface area contributed by atoms with E-state index in [-0.39, 0.29) is 17.0 Å². The van der Waals surface area contributed by atoms with Gasteiger partial charge in [0.05, 0.1) is 36.7 Å². The van der Waals surface area contributed by atoms with E-state index in [1.165, 1.54) is 25.3 Å². The maximum Gasteiger partial charge on any atom is 0.416 e. The molecule has 190 valence electrons. The minimum absolute atomic E-state index is 0.0468. The van der Waals surface area contributed by atoms with Crippen LogP contribution < -0.4 is 14.4 Å². The van der Waals surface area contributed by atoms with E-state index in [9.17, 15) is 26.4 Å². The number of hydrogen-bond acceptors (Lipinski definition) is 7. The van der Waals surface area contributed by atoms with Gasteiger partial charge in [-0.1, -0.05) is 0 Å². The lowest BCUT2D eigenvalue weighted by Crippen LogP contribution is -2.28. The van der Waals surface area contributed by atoms with Crippen molar-refractivity contribution in [3.8, 4) is 5.75 Å². The lowest BCUT2D eigenvalue weighted by molar-refractivity contribution is -0.137. The van der Waals surface area contributed by atoms with Gasteiger partial charge < -0.3 is 19.3 Å². The van der Waals surface area contributed by atoms with E-state index in [2.05, 4.69) is 14.4 Å². The topological polar surface area (TPSA) is 88.2 Å². The van der Waals surface area contributed by atoms with Gasteiger partial charge in [0, 0.05) is 26.2 Å². The predicted octanol–water partition coefficient (Wildman–Crippen LogP) is 3.30. The molecule has 2 aliphatic heterocycles. The number of fused-ring (bicyclic) bond motifs is 1. The van der Waals surface area contributed by atoms with Crippen molar-refractivity contribution in [1.82, 2.24) is 4.90 Å². The molecule has 2 heterocycles. The molecule has 1 N–H and O–H groups in total. The molecule has 2 atom stereocenters. The molecular formula is C23H26F3N3O5S. The molecule has 0 spiro atoms. The number of sulfonamides is 1. The second-order valence-electron chi connectivity index (χ2n) is 8.84. The van der Waals surface area contributed by atoms with Crippen molar-refractivity contribution in [1.29, 1.82) is 0 Å². The maximum absolute atomic E-state index is 13.5. The van der Waals surface area contributed by atoms with E-state index >= 15 is 0 Å². The summed E-state index contributed by atoms with van der Waals surface area (Å²) in [5.74, 6) is -0.137. The summed E-state index contributed by atoms with van der Waals surface area (Å²) in [5, 5.41) is 0. The number of rotatable bonds is 6. The predicted molar refractivity (Wildman–Crippen MR) is 123 cm³/mol. The third kappa shape index (κ3) is 5.03. The second-order valence-corrected chi connectivity index (χ2v) is 10.5. The van der Waals surface area contributed by atoms with Crippen LogP contribution in [0.25, 0.3) is 0 Å². The van der Waals surface area contributed by atoms with E-state index in [4.69, 9.17) is 4.74 Å². The Hall–Kier alpha value is -2.99. The zero-order valence-corrected chi connectivity index (χ0v) is 20.2. The number of carbonyl (C=O) groups excluding carboxylic acids is 1. The number of carbonyl (C=O) groups is 1. The summed E-state index contributed by atoms with van der Waals surface area (Å²) < 4.78 is 79.3. The van der Waals surface area contributed by atoms with Crippen LogP contribution in [0.3, 0.4) is 0 Å². The zero-order valence-electron chi connectivity index (χ0n) is 19.4. The van der Waals surface area contributed by atoms with Gasteiger partial charge >= 0.3 is 12.1 Å². The van der Waals surface area contributed by atoms with Gasteiger partial charge in [-0.15, -0.1) is 0 Å². The molecular weight excluding hydrogens is 487 g/mol. The molecule has 0 unspecified atom stereocenters.